The van der Waals surface area contributed by atoms with Crippen molar-refractivity contribution in [3.8, 4) is 5.75 Å². The lowest BCUT2D eigenvalue weighted by Gasteiger charge is -2.11. The van der Waals surface area contributed by atoms with Gasteiger partial charge in [0.15, 0.2) is 0 Å². The number of rotatable bonds is 7. The Morgan fingerprint density at radius 2 is 1.68 bits per heavy atom. The average molecular weight is 382 g/mol. The molecule has 28 heavy (non-hydrogen) atoms. The van der Waals surface area contributed by atoms with Crippen LogP contribution >= 0.6 is 0 Å². The summed E-state index contributed by atoms with van der Waals surface area (Å²) >= 11 is 0. The van der Waals surface area contributed by atoms with Crippen molar-refractivity contribution in [2.45, 2.75) is 38.9 Å². The van der Waals surface area contributed by atoms with E-state index in [4.69, 9.17) is 9.47 Å². The minimum absolute atomic E-state index is 0.0989. The van der Waals surface area contributed by atoms with Crippen molar-refractivity contribution in [2.75, 3.05) is 18.5 Å². The van der Waals surface area contributed by atoms with E-state index in [1.54, 1.807) is 36.4 Å². The molecule has 0 spiro atoms. The van der Waals surface area contributed by atoms with Crippen molar-refractivity contribution in [3.63, 3.8) is 0 Å². The molecule has 1 atom stereocenters. The number of ether oxygens (including phenoxy) is 2. The Kier molecular flexibility index (Phi) is 6.66. The number of nitrogens with one attached hydrogen (secondary N) is 2. The van der Waals surface area contributed by atoms with Crippen molar-refractivity contribution in [3.05, 3.63) is 59.7 Å². The van der Waals surface area contributed by atoms with E-state index in [-0.39, 0.29) is 24.0 Å². The van der Waals surface area contributed by atoms with Crippen LogP contribution in [0.1, 0.15) is 47.4 Å². The molecule has 1 unspecified atom stereocenters. The SMILES string of the molecule is CC(C)Oc1ccc(NC(=O)c2ccc(C(=O)NCC3CCCO3)cc2)cc1. The Hall–Kier alpha value is -2.86. The van der Waals surface area contributed by atoms with E-state index < -0.39 is 0 Å². The molecule has 0 radical (unpaired) electrons. The summed E-state index contributed by atoms with van der Waals surface area (Å²) in [6.45, 7) is 5.19. The van der Waals surface area contributed by atoms with Crippen molar-refractivity contribution in [1.82, 2.24) is 5.32 Å². The second kappa shape index (κ2) is 9.37. The molecule has 2 aromatic rings. The van der Waals surface area contributed by atoms with Crippen LogP contribution in [0.4, 0.5) is 5.69 Å². The smallest absolute Gasteiger partial charge is 0.255 e. The number of amides is 2. The molecule has 2 amide bonds. The molecule has 1 aliphatic rings. The maximum Gasteiger partial charge on any atom is 0.255 e. The highest BCUT2D eigenvalue weighted by atomic mass is 16.5. The fourth-order valence-corrected chi connectivity index (χ4v) is 2.98. The van der Waals surface area contributed by atoms with Gasteiger partial charge in [-0.05, 0) is 75.2 Å². The quantitative estimate of drug-likeness (QED) is 0.767. The molecule has 0 bridgehead atoms. The van der Waals surface area contributed by atoms with E-state index >= 15 is 0 Å². The maximum absolute atomic E-state index is 12.4. The minimum Gasteiger partial charge on any atom is -0.491 e. The number of benzene rings is 2. The molecule has 1 fully saturated rings. The van der Waals surface area contributed by atoms with Crippen molar-refractivity contribution in [2.24, 2.45) is 0 Å². The van der Waals surface area contributed by atoms with Gasteiger partial charge in [-0.15, -0.1) is 0 Å². The number of hydrogen-bond acceptors (Lipinski definition) is 4. The number of hydrogen-bond donors (Lipinski definition) is 2. The molecular weight excluding hydrogens is 356 g/mol. The van der Waals surface area contributed by atoms with Crippen LogP contribution in [0.3, 0.4) is 0 Å². The molecule has 0 aliphatic carbocycles. The Bertz CT molecular complexity index is 794. The zero-order valence-electron chi connectivity index (χ0n) is 16.2. The maximum atomic E-state index is 12.4. The highest BCUT2D eigenvalue weighted by Gasteiger charge is 2.17. The van der Waals surface area contributed by atoms with Gasteiger partial charge in [-0.25, -0.2) is 0 Å². The van der Waals surface area contributed by atoms with E-state index in [1.807, 2.05) is 26.0 Å². The number of carbonyl (C=O) groups is 2. The third-order valence-corrected chi connectivity index (χ3v) is 4.41. The predicted molar refractivity (Wildman–Crippen MR) is 108 cm³/mol. The Morgan fingerprint density at radius 3 is 2.25 bits per heavy atom. The summed E-state index contributed by atoms with van der Waals surface area (Å²) in [7, 11) is 0. The third kappa shape index (κ3) is 5.57. The first-order valence-electron chi connectivity index (χ1n) is 9.59. The zero-order chi connectivity index (χ0) is 19.9. The van der Waals surface area contributed by atoms with Gasteiger partial charge in [0.2, 0.25) is 0 Å². The first kappa shape index (κ1) is 19.9. The molecule has 3 rings (SSSR count). The molecule has 6 nitrogen and oxygen atoms in total. The number of anilines is 1. The van der Waals surface area contributed by atoms with E-state index in [1.165, 1.54) is 0 Å². The highest BCUT2D eigenvalue weighted by Crippen LogP contribution is 2.18. The molecule has 1 saturated heterocycles. The van der Waals surface area contributed by atoms with Gasteiger partial charge in [0.25, 0.3) is 11.8 Å². The van der Waals surface area contributed by atoms with Crippen LogP contribution < -0.4 is 15.4 Å². The fourth-order valence-electron chi connectivity index (χ4n) is 2.98. The Labute approximate surface area is 165 Å². The average Bonchev–Trinajstić information content (AvgIpc) is 3.21. The van der Waals surface area contributed by atoms with Crippen molar-refractivity contribution >= 4 is 17.5 Å². The first-order valence-corrected chi connectivity index (χ1v) is 9.59. The first-order chi connectivity index (χ1) is 13.5. The van der Waals surface area contributed by atoms with Crippen LogP contribution in [0.25, 0.3) is 0 Å². The monoisotopic (exact) mass is 382 g/mol. The second-order valence-corrected chi connectivity index (χ2v) is 7.07. The summed E-state index contributed by atoms with van der Waals surface area (Å²) in [5.74, 6) is 0.360. The lowest BCUT2D eigenvalue weighted by molar-refractivity contribution is 0.0857. The van der Waals surface area contributed by atoms with Gasteiger partial charge < -0.3 is 20.1 Å². The zero-order valence-corrected chi connectivity index (χ0v) is 16.2. The predicted octanol–water partition coefficient (Wildman–Crippen LogP) is 3.63. The molecule has 0 aromatic heterocycles. The van der Waals surface area contributed by atoms with Crippen LogP contribution in [-0.2, 0) is 4.74 Å². The van der Waals surface area contributed by atoms with E-state index in [9.17, 15) is 9.59 Å². The molecule has 6 heteroatoms. The highest BCUT2D eigenvalue weighted by molar-refractivity contribution is 6.05. The summed E-state index contributed by atoms with van der Waals surface area (Å²) in [5, 5.41) is 5.71. The Balaban J connectivity index is 1.53. The van der Waals surface area contributed by atoms with Gasteiger partial charge in [-0.3, -0.25) is 9.59 Å². The third-order valence-electron chi connectivity index (χ3n) is 4.41. The van der Waals surface area contributed by atoms with Gasteiger partial charge >= 0.3 is 0 Å². The van der Waals surface area contributed by atoms with Crippen molar-refractivity contribution < 1.29 is 19.1 Å². The minimum atomic E-state index is -0.233. The summed E-state index contributed by atoms with van der Waals surface area (Å²) in [5.41, 5.74) is 1.68. The topological polar surface area (TPSA) is 76.7 Å². The van der Waals surface area contributed by atoms with Crippen LogP contribution in [0.5, 0.6) is 5.75 Å². The molecular formula is C22H26N2O4. The van der Waals surface area contributed by atoms with Gasteiger partial charge in [0.05, 0.1) is 12.2 Å². The summed E-state index contributed by atoms with van der Waals surface area (Å²) in [4.78, 5) is 24.6. The Morgan fingerprint density at radius 1 is 1.04 bits per heavy atom. The summed E-state index contributed by atoms with van der Waals surface area (Å²) in [6, 6.07) is 13.8. The lowest BCUT2D eigenvalue weighted by atomic mass is 10.1. The van der Waals surface area contributed by atoms with Crippen LogP contribution in [0.2, 0.25) is 0 Å². The standard InChI is InChI=1S/C22H26N2O4/c1-15(2)28-19-11-9-18(10-12-19)24-22(26)17-7-5-16(6-8-17)21(25)23-14-20-4-3-13-27-20/h5-12,15,20H,3-4,13-14H2,1-2H3,(H,23,25)(H,24,26). The molecule has 1 heterocycles. The lowest BCUT2D eigenvalue weighted by Crippen LogP contribution is -2.31. The van der Waals surface area contributed by atoms with E-state index in [0.29, 0.717) is 23.4 Å². The molecule has 0 saturated carbocycles. The van der Waals surface area contributed by atoms with Crippen molar-refractivity contribution in [1.29, 1.82) is 0 Å². The van der Waals surface area contributed by atoms with Gasteiger partial charge in [-0.1, -0.05) is 0 Å². The second-order valence-electron chi connectivity index (χ2n) is 7.07. The van der Waals surface area contributed by atoms with Gasteiger partial charge in [0.1, 0.15) is 5.75 Å². The van der Waals surface area contributed by atoms with Crippen LogP contribution in [0, 0.1) is 0 Å². The normalized spacial score (nSPS) is 16.0. The molecule has 2 aromatic carbocycles. The van der Waals surface area contributed by atoms with Gasteiger partial charge in [0, 0.05) is 30.0 Å². The van der Waals surface area contributed by atoms with Crippen LogP contribution in [-0.4, -0.2) is 37.2 Å². The van der Waals surface area contributed by atoms with Crippen LogP contribution in [0.15, 0.2) is 48.5 Å². The summed E-state index contributed by atoms with van der Waals surface area (Å²) in [6.07, 6.45) is 2.22. The van der Waals surface area contributed by atoms with Gasteiger partial charge in [-0.2, -0.15) is 0 Å². The largest absolute Gasteiger partial charge is 0.491 e. The molecule has 2 N–H and O–H groups in total. The molecule has 1 aliphatic heterocycles. The molecule has 148 valence electrons. The van der Waals surface area contributed by atoms with E-state index in [2.05, 4.69) is 10.6 Å². The fraction of sp³-hybridized carbons (Fsp3) is 0.364. The summed E-state index contributed by atoms with van der Waals surface area (Å²) < 4.78 is 11.1. The van der Waals surface area contributed by atoms with E-state index in [0.717, 1.165) is 25.2 Å². The number of carbonyl (C=O) groups excluding carboxylic acids is 2.